The molecule has 2 fully saturated rings. The van der Waals surface area contributed by atoms with Crippen LogP contribution in [0.3, 0.4) is 0 Å². The van der Waals surface area contributed by atoms with Gasteiger partial charge in [0.05, 0.1) is 0 Å². The molecule has 1 aliphatic heterocycles. The van der Waals surface area contributed by atoms with Gasteiger partial charge in [0.2, 0.25) is 0 Å². The summed E-state index contributed by atoms with van der Waals surface area (Å²) in [5.74, 6) is 2.46. The van der Waals surface area contributed by atoms with Gasteiger partial charge in [-0.3, -0.25) is 0 Å². The molecule has 58 valence electrons. The SMILES string of the molecule is CC1CCC2(CCCS2)C1. The smallest absolute Gasteiger partial charge is 0.0163 e. The van der Waals surface area contributed by atoms with Gasteiger partial charge in [-0.05, 0) is 43.8 Å². The molecule has 0 radical (unpaired) electrons. The fraction of sp³-hybridized carbons (Fsp3) is 1.00. The van der Waals surface area contributed by atoms with E-state index < -0.39 is 0 Å². The van der Waals surface area contributed by atoms with E-state index in [1.807, 2.05) is 0 Å². The van der Waals surface area contributed by atoms with Crippen molar-refractivity contribution in [1.29, 1.82) is 0 Å². The lowest BCUT2D eigenvalue weighted by Crippen LogP contribution is -2.15. The van der Waals surface area contributed by atoms with Crippen LogP contribution < -0.4 is 0 Å². The molecule has 0 N–H and O–H groups in total. The summed E-state index contributed by atoms with van der Waals surface area (Å²) in [6.07, 6.45) is 7.52. The van der Waals surface area contributed by atoms with E-state index in [4.69, 9.17) is 0 Å². The van der Waals surface area contributed by atoms with Crippen molar-refractivity contribution in [1.82, 2.24) is 0 Å². The molecule has 2 rings (SSSR count). The number of hydrogen-bond acceptors (Lipinski definition) is 1. The van der Waals surface area contributed by atoms with Crippen LogP contribution in [0.15, 0.2) is 0 Å². The molecular weight excluding hydrogens is 140 g/mol. The molecule has 2 unspecified atom stereocenters. The Bertz CT molecular complexity index is 125. The Labute approximate surface area is 67.8 Å². The third-order valence-electron chi connectivity index (χ3n) is 3.00. The summed E-state index contributed by atoms with van der Waals surface area (Å²) in [5, 5.41) is 0. The molecule has 0 aromatic heterocycles. The van der Waals surface area contributed by atoms with Crippen LogP contribution in [-0.4, -0.2) is 10.5 Å². The van der Waals surface area contributed by atoms with Crippen LogP contribution in [0, 0.1) is 5.92 Å². The van der Waals surface area contributed by atoms with E-state index in [1.54, 1.807) is 0 Å². The van der Waals surface area contributed by atoms with E-state index in [-0.39, 0.29) is 0 Å². The molecule has 1 aliphatic carbocycles. The molecule has 1 saturated heterocycles. The summed E-state index contributed by atoms with van der Waals surface area (Å²) in [7, 11) is 0. The van der Waals surface area contributed by atoms with E-state index in [2.05, 4.69) is 18.7 Å². The first-order valence-corrected chi connectivity index (χ1v) is 5.43. The van der Waals surface area contributed by atoms with Gasteiger partial charge in [0, 0.05) is 4.75 Å². The summed E-state index contributed by atoms with van der Waals surface area (Å²) >= 11 is 2.26. The lowest BCUT2D eigenvalue weighted by atomic mass is 10.0. The molecule has 0 amide bonds. The van der Waals surface area contributed by atoms with Crippen molar-refractivity contribution in [3.05, 3.63) is 0 Å². The molecule has 0 bridgehead atoms. The summed E-state index contributed by atoms with van der Waals surface area (Å²) in [4.78, 5) is 0. The topological polar surface area (TPSA) is 0 Å². The summed E-state index contributed by atoms with van der Waals surface area (Å²) in [6, 6.07) is 0. The van der Waals surface area contributed by atoms with Gasteiger partial charge in [-0.1, -0.05) is 6.92 Å². The molecule has 2 aliphatic rings. The van der Waals surface area contributed by atoms with Crippen LogP contribution in [0.5, 0.6) is 0 Å². The minimum atomic E-state index is 0.777. The zero-order valence-electron chi connectivity index (χ0n) is 6.73. The first-order valence-electron chi connectivity index (χ1n) is 4.45. The first kappa shape index (κ1) is 7.02. The Kier molecular flexibility index (Phi) is 1.71. The number of hydrogen-bond donors (Lipinski definition) is 0. The van der Waals surface area contributed by atoms with E-state index in [0.29, 0.717) is 0 Å². The third kappa shape index (κ3) is 1.09. The van der Waals surface area contributed by atoms with Gasteiger partial charge >= 0.3 is 0 Å². The van der Waals surface area contributed by atoms with Gasteiger partial charge in [-0.15, -0.1) is 0 Å². The van der Waals surface area contributed by atoms with Gasteiger partial charge in [-0.2, -0.15) is 11.8 Å². The lowest BCUT2D eigenvalue weighted by Gasteiger charge is -2.20. The van der Waals surface area contributed by atoms with Crippen LogP contribution in [0.1, 0.15) is 39.0 Å². The van der Waals surface area contributed by atoms with Crippen molar-refractivity contribution in [2.24, 2.45) is 5.92 Å². The predicted molar refractivity (Wildman–Crippen MR) is 47.4 cm³/mol. The van der Waals surface area contributed by atoms with Crippen molar-refractivity contribution in [3.8, 4) is 0 Å². The number of thioether (sulfide) groups is 1. The Morgan fingerprint density at radius 1 is 1.40 bits per heavy atom. The van der Waals surface area contributed by atoms with Gasteiger partial charge in [-0.25, -0.2) is 0 Å². The van der Waals surface area contributed by atoms with Gasteiger partial charge in [0.25, 0.3) is 0 Å². The molecule has 0 aromatic carbocycles. The van der Waals surface area contributed by atoms with Crippen LogP contribution in [0.2, 0.25) is 0 Å². The maximum atomic E-state index is 2.41. The third-order valence-corrected chi connectivity index (χ3v) is 4.68. The maximum absolute atomic E-state index is 2.41. The maximum Gasteiger partial charge on any atom is 0.0163 e. The molecule has 10 heavy (non-hydrogen) atoms. The first-order chi connectivity index (χ1) is 4.81. The van der Waals surface area contributed by atoms with Crippen molar-refractivity contribution >= 4 is 11.8 Å². The van der Waals surface area contributed by atoms with Crippen LogP contribution in [0.25, 0.3) is 0 Å². The minimum Gasteiger partial charge on any atom is -0.155 e. The van der Waals surface area contributed by atoms with Crippen molar-refractivity contribution < 1.29 is 0 Å². The van der Waals surface area contributed by atoms with Crippen molar-refractivity contribution in [2.75, 3.05) is 5.75 Å². The molecule has 1 spiro atoms. The largest absolute Gasteiger partial charge is 0.155 e. The zero-order valence-corrected chi connectivity index (χ0v) is 7.54. The standard InChI is InChI=1S/C9H16S/c1-8-3-5-9(7-8)4-2-6-10-9/h8H,2-7H2,1H3. The summed E-state index contributed by atoms with van der Waals surface area (Å²) in [6.45, 7) is 2.41. The van der Waals surface area contributed by atoms with E-state index in [9.17, 15) is 0 Å². The molecular formula is C9H16S. The summed E-state index contributed by atoms with van der Waals surface area (Å²) in [5.41, 5.74) is 0. The highest BCUT2D eigenvalue weighted by Gasteiger charge is 2.39. The molecule has 2 atom stereocenters. The monoisotopic (exact) mass is 156 g/mol. The van der Waals surface area contributed by atoms with Crippen LogP contribution in [-0.2, 0) is 0 Å². The van der Waals surface area contributed by atoms with Crippen LogP contribution in [0.4, 0.5) is 0 Å². The number of rotatable bonds is 0. The Morgan fingerprint density at radius 3 is 2.80 bits per heavy atom. The second-order valence-electron chi connectivity index (χ2n) is 3.98. The fourth-order valence-electron chi connectivity index (χ4n) is 2.46. The molecule has 1 heterocycles. The molecule has 0 nitrogen and oxygen atoms in total. The highest BCUT2D eigenvalue weighted by atomic mass is 32.2. The fourth-order valence-corrected chi connectivity index (χ4v) is 4.14. The Hall–Kier alpha value is 0.350. The lowest BCUT2D eigenvalue weighted by molar-refractivity contribution is 0.540. The average molecular weight is 156 g/mol. The van der Waals surface area contributed by atoms with Crippen LogP contribution >= 0.6 is 11.8 Å². The molecule has 1 heteroatoms. The Balaban J connectivity index is 2.03. The quantitative estimate of drug-likeness (QED) is 0.519. The highest BCUT2D eigenvalue weighted by Crippen LogP contribution is 2.51. The average Bonchev–Trinajstić information content (AvgIpc) is 2.46. The summed E-state index contributed by atoms with van der Waals surface area (Å²) < 4.78 is 0.777. The van der Waals surface area contributed by atoms with Gasteiger partial charge < -0.3 is 0 Å². The van der Waals surface area contributed by atoms with Gasteiger partial charge in [0.15, 0.2) is 0 Å². The molecule has 0 aromatic rings. The second kappa shape index (κ2) is 2.44. The van der Waals surface area contributed by atoms with E-state index in [1.165, 1.54) is 37.9 Å². The van der Waals surface area contributed by atoms with Crippen molar-refractivity contribution in [2.45, 2.75) is 43.8 Å². The van der Waals surface area contributed by atoms with E-state index >= 15 is 0 Å². The normalized spacial score (nSPS) is 47.1. The highest BCUT2D eigenvalue weighted by molar-refractivity contribution is 8.00. The Morgan fingerprint density at radius 2 is 2.30 bits per heavy atom. The van der Waals surface area contributed by atoms with Gasteiger partial charge in [0.1, 0.15) is 0 Å². The van der Waals surface area contributed by atoms with E-state index in [0.717, 1.165) is 10.7 Å². The zero-order chi connectivity index (χ0) is 7.03. The minimum absolute atomic E-state index is 0.777. The van der Waals surface area contributed by atoms with Crippen molar-refractivity contribution in [3.63, 3.8) is 0 Å². The second-order valence-corrected chi connectivity index (χ2v) is 5.55. The molecule has 1 saturated carbocycles. The predicted octanol–water partition coefficient (Wildman–Crippen LogP) is 3.07.